The first-order valence-corrected chi connectivity index (χ1v) is 7.05. The fraction of sp³-hybridized carbons (Fsp3) is 0.200. The van der Waals surface area contributed by atoms with E-state index in [1.807, 2.05) is 48.5 Å². The Hall–Kier alpha value is -0.830. The summed E-state index contributed by atoms with van der Waals surface area (Å²) in [6.45, 7) is 0. The van der Waals surface area contributed by atoms with E-state index in [4.69, 9.17) is 17.3 Å². The molecule has 0 heterocycles. The average molecular weight is 325 g/mol. The van der Waals surface area contributed by atoms with Gasteiger partial charge in [0.2, 0.25) is 0 Å². The Morgan fingerprint density at radius 2 is 1.50 bits per heavy atom. The lowest BCUT2D eigenvalue weighted by atomic mass is 9.99. The van der Waals surface area contributed by atoms with Crippen LogP contribution >= 0.6 is 27.5 Å². The van der Waals surface area contributed by atoms with Crippen LogP contribution in [-0.2, 0) is 10.9 Å². The van der Waals surface area contributed by atoms with E-state index < -0.39 is 4.45 Å². The lowest BCUT2D eigenvalue weighted by Gasteiger charge is -2.28. The van der Waals surface area contributed by atoms with Crippen molar-refractivity contribution < 1.29 is 0 Å². The molecular formula is C15H15BrClN. The molecule has 18 heavy (non-hydrogen) atoms. The fourth-order valence-electron chi connectivity index (χ4n) is 1.84. The van der Waals surface area contributed by atoms with Gasteiger partial charge in [-0.2, -0.15) is 0 Å². The van der Waals surface area contributed by atoms with Crippen molar-refractivity contribution in [3.8, 4) is 0 Å². The third-order valence-electron chi connectivity index (χ3n) is 2.93. The number of hydrogen-bond donors (Lipinski definition) is 1. The number of benzene rings is 2. The minimum atomic E-state index is -0.717. The maximum absolute atomic E-state index is 6.47. The number of rotatable bonds is 4. The first-order chi connectivity index (χ1) is 8.60. The van der Waals surface area contributed by atoms with Crippen LogP contribution in [0.4, 0.5) is 0 Å². The Labute approximate surface area is 121 Å². The Morgan fingerprint density at radius 1 is 1.00 bits per heavy atom. The Balaban J connectivity index is 2.15. The molecule has 0 aliphatic rings. The van der Waals surface area contributed by atoms with Crippen molar-refractivity contribution in [2.45, 2.75) is 16.2 Å². The van der Waals surface area contributed by atoms with Gasteiger partial charge in [0.25, 0.3) is 0 Å². The summed E-state index contributed by atoms with van der Waals surface area (Å²) < 4.78 is -0.717. The maximum Gasteiger partial charge on any atom is 0.114 e. The molecule has 94 valence electrons. The topological polar surface area (TPSA) is 26.0 Å². The fourth-order valence-corrected chi connectivity index (χ4v) is 2.57. The number of hydrogen-bond acceptors (Lipinski definition) is 1. The molecule has 0 spiro atoms. The molecule has 2 aromatic rings. The van der Waals surface area contributed by atoms with Crippen LogP contribution in [0.25, 0.3) is 0 Å². The highest BCUT2D eigenvalue weighted by atomic mass is 79.9. The molecule has 1 nitrogen and oxygen atoms in total. The monoisotopic (exact) mass is 323 g/mol. The van der Waals surface area contributed by atoms with E-state index >= 15 is 0 Å². The van der Waals surface area contributed by atoms with E-state index in [2.05, 4.69) is 28.1 Å². The molecule has 2 rings (SSSR count). The zero-order valence-electron chi connectivity index (χ0n) is 9.89. The summed E-state index contributed by atoms with van der Waals surface area (Å²) in [6.07, 6.45) is 0.721. The van der Waals surface area contributed by atoms with Crippen molar-refractivity contribution in [1.29, 1.82) is 0 Å². The standard InChI is InChI=1S/C15H15BrClN/c16-15(18,13-9-5-2-6-10-13)14(17)11-12-7-3-1-4-8-12/h1-10,14H,11,18H2. The Kier molecular flexibility index (Phi) is 4.44. The van der Waals surface area contributed by atoms with Crippen LogP contribution in [0.5, 0.6) is 0 Å². The highest BCUT2D eigenvalue weighted by Crippen LogP contribution is 2.34. The zero-order valence-corrected chi connectivity index (χ0v) is 12.2. The van der Waals surface area contributed by atoms with Crippen LogP contribution in [0.2, 0.25) is 0 Å². The first-order valence-electron chi connectivity index (χ1n) is 5.82. The van der Waals surface area contributed by atoms with E-state index in [9.17, 15) is 0 Å². The summed E-state index contributed by atoms with van der Waals surface area (Å²) in [4.78, 5) is 0. The van der Waals surface area contributed by atoms with E-state index in [1.54, 1.807) is 0 Å². The first kappa shape index (κ1) is 13.6. The zero-order chi connectivity index (χ0) is 13.0. The number of halogens is 2. The third-order valence-corrected chi connectivity index (χ3v) is 4.70. The summed E-state index contributed by atoms with van der Waals surface area (Å²) in [7, 11) is 0. The molecule has 0 amide bonds. The van der Waals surface area contributed by atoms with Gasteiger partial charge in [0.1, 0.15) is 4.45 Å². The molecule has 2 atom stereocenters. The predicted octanol–water partition coefficient (Wildman–Crippen LogP) is 4.04. The van der Waals surface area contributed by atoms with Gasteiger partial charge in [0, 0.05) is 0 Å². The Morgan fingerprint density at radius 3 is 2.06 bits per heavy atom. The SMILES string of the molecule is NC(Br)(c1ccccc1)C(Cl)Cc1ccccc1. The van der Waals surface area contributed by atoms with Gasteiger partial charge in [-0.3, -0.25) is 0 Å². The molecular weight excluding hydrogens is 310 g/mol. The van der Waals surface area contributed by atoms with E-state index in [0.717, 1.165) is 12.0 Å². The molecule has 0 saturated carbocycles. The largest absolute Gasteiger partial charge is 0.311 e. The van der Waals surface area contributed by atoms with Crippen molar-refractivity contribution in [1.82, 2.24) is 0 Å². The van der Waals surface area contributed by atoms with Crippen LogP contribution < -0.4 is 5.73 Å². The van der Waals surface area contributed by atoms with Gasteiger partial charge in [-0.05, 0) is 17.5 Å². The minimum absolute atomic E-state index is 0.220. The molecule has 0 fully saturated rings. The van der Waals surface area contributed by atoms with Gasteiger partial charge in [-0.1, -0.05) is 76.6 Å². The predicted molar refractivity (Wildman–Crippen MR) is 81.0 cm³/mol. The summed E-state index contributed by atoms with van der Waals surface area (Å²) in [5, 5.41) is -0.220. The molecule has 2 aromatic carbocycles. The van der Waals surface area contributed by atoms with Gasteiger partial charge in [-0.15, -0.1) is 11.6 Å². The third kappa shape index (κ3) is 3.14. The van der Waals surface area contributed by atoms with Gasteiger partial charge >= 0.3 is 0 Å². The molecule has 0 aliphatic heterocycles. The molecule has 0 aliphatic carbocycles. The summed E-state index contributed by atoms with van der Waals surface area (Å²) >= 11 is 10.0. The summed E-state index contributed by atoms with van der Waals surface area (Å²) in [5.74, 6) is 0. The van der Waals surface area contributed by atoms with Crippen molar-refractivity contribution in [3.63, 3.8) is 0 Å². The van der Waals surface area contributed by atoms with E-state index in [-0.39, 0.29) is 5.38 Å². The molecule has 0 saturated heterocycles. The summed E-state index contributed by atoms with van der Waals surface area (Å²) in [6, 6.07) is 20.0. The van der Waals surface area contributed by atoms with Gasteiger partial charge in [0.05, 0.1) is 5.38 Å². The Bertz CT molecular complexity index is 484. The summed E-state index contributed by atoms with van der Waals surface area (Å²) in [5.41, 5.74) is 8.48. The smallest absolute Gasteiger partial charge is 0.114 e. The lowest BCUT2D eigenvalue weighted by molar-refractivity contribution is 0.615. The van der Waals surface area contributed by atoms with Crippen LogP contribution in [0.15, 0.2) is 60.7 Å². The second kappa shape index (κ2) is 5.87. The average Bonchev–Trinajstić information content (AvgIpc) is 2.41. The second-order valence-corrected chi connectivity index (χ2v) is 6.13. The molecule has 0 aromatic heterocycles. The molecule has 2 N–H and O–H groups in total. The maximum atomic E-state index is 6.47. The van der Waals surface area contributed by atoms with Crippen molar-refractivity contribution >= 4 is 27.5 Å². The second-order valence-electron chi connectivity index (χ2n) is 4.29. The highest BCUT2D eigenvalue weighted by molar-refractivity contribution is 9.09. The van der Waals surface area contributed by atoms with E-state index in [1.165, 1.54) is 5.56 Å². The molecule has 2 unspecified atom stereocenters. The minimum Gasteiger partial charge on any atom is -0.311 e. The highest BCUT2D eigenvalue weighted by Gasteiger charge is 2.32. The van der Waals surface area contributed by atoms with Crippen LogP contribution in [0.3, 0.4) is 0 Å². The molecule has 0 bridgehead atoms. The number of alkyl halides is 2. The van der Waals surface area contributed by atoms with Crippen molar-refractivity contribution in [2.24, 2.45) is 5.73 Å². The van der Waals surface area contributed by atoms with Crippen LogP contribution in [0, 0.1) is 0 Å². The van der Waals surface area contributed by atoms with Crippen LogP contribution in [0.1, 0.15) is 11.1 Å². The lowest BCUT2D eigenvalue weighted by Crippen LogP contribution is -2.40. The molecule has 3 heteroatoms. The van der Waals surface area contributed by atoms with Gasteiger partial charge in [-0.25, -0.2) is 0 Å². The van der Waals surface area contributed by atoms with E-state index in [0.29, 0.717) is 0 Å². The quantitative estimate of drug-likeness (QED) is 0.666. The molecule has 0 radical (unpaired) electrons. The van der Waals surface area contributed by atoms with Crippen LogP contribution in [-0.4, -0.2) is 5.38 Å². The van der Waals surface area contributed by atoms with Crippen molar-refractivity contribution in [3.05, 3.63) is 71.8 Å². The van der Waals surface area contributed by atoms with Crippen molar-refractivity contribution in [2.75, 3.05) is 0 Å². The van der Waals surface area contributed by atoms with Gasteiger partial charge < -0.3 is 5.73 Å². The van der Waals surface area contributed by atoms with Gasteiger partial charge in [0.15, 0.2) is 0 Å². The normalized spacial score (nSPS) is 15.9. The number of nitrogens with two attached hydrogens (primary N) is 1.